The van der Waals surface area contributed by atoms with Crippen LogP contribution in [0, 0.1) is 11.2 Å². The van der Waals surface area contributed by atoms with E-state index < -0.39 is 17.5 Å². The molecule has 1 fully saturated rings. The Morgan fingerprint density at radius 1 is 1.20 bits per heavy atom. The number of Topliss-reactive ketones (excluding diaryl/α,β-unsaturated/α-hetero) is 1. The van der Waals surface area contributed by atoms with Gasteiger partial charge in [0.1, 0.15) is 11.4 Å². The van der Waals surface area contributed by atoms with Gasteiger partial charge in [0.15, 0.2) is 5.78 Å². The number of nitrogens with one attached hydrogen (secondary N) is 2. The fourth-order valence-corrected chi connectivity index (χ4v) is 4.30. The first-order valence-electron chi connectivity index (χ1n) is 9.82. The van der Waals surface area contributed by atoms with E-state index in [1.807, 2.05) is 13.8 Å². The topological polar surface area (TPSA) is 82.3 Å². The van der Waals surface area contributed by atoms with Gasteiger partial charge in [-0.15, -0.1) is 12.4 Å². The number of piperazine rings is 1. The number of carbonyl (C=O) groups excluding carboxylic acids is 2. The number of hydrogen-bond acceptors (Lipinski definition) is 4. The molecule has 0 saturated carbocycles. The van der Waals surface area contributed by atoms with Crippen molar-refractivity contribution >= 4 is 24.1 Å². The molecule has 1 atom stereocenters. The van der Waals surface area contributed by atoms with Crippen LogP contribution in [0.1, 0.15) is 58.3 Å². The molecule has 1 saturated heterocycles. The molecule has 1 aromatic heterocycles. The lowest BCUT2D eigenvalue weighted by molar-refractivity contribution is 0.0632. The van der Waals surface area contributed by atoms with Crippen LogP contribution >= 0.6 is 12.4 Å². The zero-order chi connectivity index (χ0) is 20.8. The standard InChI is InChI=1S/C22H24FN3O3.ClH/c1-22(2)10-17-15(19(27)11-22)9-16(20(28)25-17)21(29)26-7-6-24-12-18(26)13-4-3-5-14(23)8-13;/h3-5,8-9,18,24H,6-7,10-12H2,1-2H3,(H,25,28);1H. The first kappa shape index (κ1) is 22.2. The third-order valence-corrected chi connectivity index (χ3v) is 5.69. The van der Waals surface area contributed by atoms with E-state index in [-0.39, 0.29) is 35.0 Å². The number of ketones is 1. The molecular formula is C22H25ClFN3O3. The number of carbonyl (C=O) groups is 2. The molecule has 0 spiro atoms. The quantitative estimate of drug-likeness (QED) is 0.763. The maximum Gasteiger partial charge on any atom is 0.261 e. The van der Waals surface area contributed by atoms with E-state index in [1.54, 1.807) is 17.0 Å². The van der Waals surface area contributed by atoms with E-state index in [2.05, 4.69) is 10.3 Å². The summed E-state index contributed by atoms with van der Waals surface area (Å²) in [5, 5.41) is 3.21. The molecule has 4 rings (SSSR count). The van der Waals surface area contributed by atoms with Gasteiger partial charge in [-0.25, -0.2) is 4.39 Å². The number of H-pyrrole nitrogens is 1. The van der Waals surface area contributed by atoms with Crippen LogP contribution in [0.25, 0.3) is 0 Å². The number of aromatic amines is 1. The second-order valence-electron chi connectivity index (χ2n) is 8.62. The van der Waals surface area contributed by atoms with Crippen molar-refractivity contribution in [2.75, 3.05) is 19.6 Å². The third-order valence-electron chi connectivity index (χ3n) is 5.69. The van der Waals surface area contributed by atoms with Gasteiger partial charge in [-0.1, -0.05) is 26.0 Å². The van der Waals surface area contributed by atoms with Gasteiger partial charge in [0, 0.05) is 37.3 Å². The summed E-state index contributed by atoms with van der Waals surface area (Å²) in [4.78, 5) is 42.9. The van der Waals surface area contributed by atoms with Crippen molar-refractivity contribution in [1.82, 2.24) is 15.2 Å². The lowest BCUT2D eigenvalue weighted by Crippen LogP contribution is -2.49. The second kappa shape index (κ2) is 8.32. The Hall–Kier alpha value is -2.51. The lowest BCUT2D eigenvalue weighted by atomic mass is 9.75. The molecule has 1 unspecified atom stereocenters. The van der Waals surface area contributed by atoms with Crippen LogP contribution in [0.5, 0.6) is 0 Å². The van der Waals surface area contributed by atoms with Gasteiger partial charge in [0.25, 0.3) is 11.5 Å². The molecule has 2 N–H and O–H groups in total. The monoisotopic (exact) mass is 433 g/mol. The number of halogens is 2. The van der Waals surface area contributed by atoms with Crippen molar-refractivity contribution in [3.63, 3.8) is 0 Å². The Labute approximate surface area is 180 Å². The number of rotatable bonds is 2. The van der Waals surface area contributed by atoms with Gasteiger partial charge >= 0.3 is 0 Å². The smallest absolute Gasteiger partial charge is 0.261 e. The predicted molar refractivity (Wildman–Crippen MR) is 114 cm³/mol. The number of amides is 1. The molecule has 2 aliphatic rings. The van der Waals surface area contributed by atoms with Crippen molar-refractivity contribution in [1.29, 1.82) is 0 Å². The summed E-state index contributed by atoms with van der Waals surface area (Å²) >= 11 is 0. The van der Waals surface area contributed by atoms with Crippen molar-refractivity contribution in [3.05, 3.63) is 68.9 Å². The van der Waals surface area contributed by atoms with Gasteiger partial charge in [0.2, 0.25) is 0 Å². The van der Waals surface area contributed by atoms with Crippen LogP contribution in [-0.2, 0) is 6.42 Å². The number of aromatic nitrogens is 1. The molecule has 0 bridgehead atoms. The highest BCUT2D eigenvalue weighted by atomic mass is 35.5. The Balaban J connectivity index is 0.00000256. The van der Waals surface area contributed by atoms with Crippen molar-refractivity contribution in [3.8, 4) is 0 Å². The SMILES string of the molecule is CC1(C)CC(=O)c2cc(C(=O)N3CCNCC3c3cccc(F)c3)c(=O)[nH]c2C1.Cl. The van der Waals surface area contributed by atoms with Gasteiger partial charge < -0.3 is 15.2 Å². The largest absolute Gasteiger partial charge is 0.329 e. The van der Waals surface area contributed by atoms with Crippen LogP contribution in [0.15, 0.2) is 35.1 Å². The van der Waals surface area contributed by atoms with Crippen molar-refractivity contribution in [2.45, 2.75) is 32.7 Å². The summed E-state index contributed by atoms with van der Waals surface area (Å²) in [5.74, 6) is -0.883. The number of nitrogens with zero attached hydrogens (tertiary/aromatic N) is 1. The average Bonchev–Trinajstić information content (AvgIpc) is 2.66. The Bertz CT molecular complexity index is 1050. The molecule has 2 heterocycles. The fraction of sp³-hybridized carbons (Fsp3) is 0.409. The van der Waals surface area contributed by atoms with Gasteiger partial charge in [0.05, 0.1) is 6.04 Å². The number of pyridine rings is 1. The minimum Gasteiger partial charge on any atom is -0.329 e. The zero-order valence-electron chi connectivity index (χ0n) is 17.0. The van der Waals surface area contributed by atoms with E-state index in [1.165, 1.54) is 18.2 Å². The number of fused-ring (bicyclic) bond motifs is 1. The minimum atomic E-state index is -0.490. The molecular weight excluding hydrogens is 409 g/mol. The first-order chi connectivity index (χ1) is 13.7. The fourth-order valence-electron chi connectivity index (χ4n) is 4.30. The van der Waals surface area contributed by atoms with Gasteiger partial charge in [-0.05, 0) is 35.6 Å². The third kappa shape index (κ3) is 4.18. The summed E-state index contributed by atoms with van der Waals surface area (Å²) in [6.07, 6.45) is 0.955. The molecule has 8 heteroatoms. The van der Waals surface area contributed by atoms with Crippen LogP contribution < -0.4 is 10.9 Å². The van der Waals surface area contributed by atoms with E-state index in [9.17, 15) is 18.8 Å². The van der Waals surface area contributed by atoms with Gasteiger partial charge in [-0.3, -0.25) is 14.4 Å². The Morgan fingerprint density at radius 2 is 1.97 bits per heavy atom. The molecule has 1 aromatic carbocycles. The molecule has 1 aliphatic heterocycles. The molecule has 1 amide bonds. The molecule has 2 aromatic rings. The van der Waals surface area contributed by atoms with Crippen molar-refractivity contribution < 1.29 is 14.0 Å². The van der Waals surface area contributed by atoms with Crippen LogP contribution in [0.2, 0.25) is 0 Å². The average molecular weight is 434 g/mol. The summed E-state index contributed by atoms with van der Waals surface area (Å²) in [5.41, 5.74) is 0.924. The lowest BCUT2D eigenvalue weighted by Gasteiger charge is -2.36. The minimum absolute atomic E-state index is 0. The van der Waals surface area contributed by atoms with E-state index in [0.29, 0.717) is 49.3 Å². The number of hydrogen-bond donors (Lipinski definition) is 2. The second-order valence-corrected chi connectivity index (χ2v) is 8.62. The van der Waals surface area contributed by atoms with E-state index in [4.69, 9.17) is 0 Å². The summed E-state index contributed by atoms with van der Waals surface area (Å²) < 4.78 is 13.7. The molecule has 0 radical (unpaired) electrons. The van der Waals surface area contributed by atoms with E-state index >= 15 is 0 Å². The highest BCUT2D eigenvalue weighted by Gasteiger charge is 2.35. The highest BCUT2D eigenvalue weighted by molar-refractivity contribution is 6.02. The van der Waals surface area contributed by atoms with E-state index in [0.717, 1.165) is 0 Å². The Morgan fingerprint density at radius 3 is 2.70 bits per heavy atom. The highest BCUT2D eigenvalue weighted by Crippen LogP contribution is 2.33. The van der Waals surface area contributed by atoms with Crippen LogP contribution in [0.3, 0.4) is 0 Å². The van der Waals surface area contributed by atoms with Crippen LogP contribution in [0.4, 0.5) is 4.39 Å². The Kier molecular flexibility index (Phi) is 6.15. The summed E-state index contributed by atoms with van der Waals surface area (Å²) in [6.45, 7) is 5.39. The predicted octanol–water partition coefficient (Wildman–Crippen LogP) is 2.88. The molecule has 30 heavy (non-hydrogen) atoms. The van der Waals surface area contributed by atoms with Gasteiger partial charge in [-0.2, -0.15) is 0 Å². The maximum atomic E-state index is 13.7. The normalized spacial score (nSPS) is 20.3. The molecule has 1 aliphatic carbocycles. The van der Waals surface area contributed by atoms with Crippen LogP contribution in [-0.4, -0.2) is 41.2 Å². The zero-order valence-corrected chi connectivity index (χ0v) is 17.8. The molecule has 6 nitrogen and oxygen atoms in total. The van der Waals surface area contributed by atoms with Crippen molar-refractivity contribution in [2.24, 2.45) is 5.41 Å². The summed E-state index contributed by atoms with van der Waals surface area (Å²) in [7, 11) is 0. The maximum absolute atomic E-state index is 13.7. The number of benzene rings is 1. The first-order valence-corrected chi connectivity index (χ1v) is 9.82. The molecule has 160 valence electrons. The summed E-state index contributed by atoms with van der Waals surface area (Å²) in [6, 6.07) is 7.18.